The highest BCUT2D eigenvalue weighted by molar-refractivity contribution is 7.93. The molecule has 0 spiro atoms. The summed E-state index contributed by atoms with van der Waals surface area (Å²) in [7, 11) is -3.71. The maximum Gasteiger partial charge on any atom is 0.269 e. The number of nitrogens with zero attached hydrogens (tertiary/aromatic N) is 4. The fourth-order valence-corrected chi connectivity index (χ4v) is 3.29. The zero-order valence-electron chi connectivity index (χ0n) is 10.2. The summed E-state index contributed by atoms with van der Waals surface area (Å²) in [4.78, 5) is 4.87. The first-order valence-electron chi connectivity index (χ1n) is 5.51. The molecule has 0 aliphatic carbocycles. The van der Waals surface area contributed by atoms with Gasteiger partial charge < -0.3 is 9.63 Å². The Morgan fingerprint density at radius 1 is 1.29 bits per heavy atom. The van der Waals surface area contributed by atoms with Gasteiger partial charge in [0.1, 0.15) is 5.27 Å². The summed E-state index contributed by atoms with van der Waals surface area (Å²) in [5.41, 5.74) is 0.397. The number of sulfonamides is 1. The molecule has 0 fully saturated rings. The van der Waals surface area contributed by atoms with Gasteiger partial charge in [-0.2, -0.15) is 0 Å². The molecule has 0 saturated heterocycles. The van der Waals surface area contributed by atoms with Crippen molar-refractivity contribution in [3.05, 3.63) is 35.8 Å². The average molecular weight is 325 g/mol. The van der Waals surface area contributed by atoms with Gasteiger partial charge in [-0.05, 0) is 12.1 Å². The molecule has 0 radical (unpaired) electrons. The molecule has 3 rings (SSSR count). The standard InChI is InChI=1S/C10H7N5O4S2/c16-10-12-15(14-19-10)7-1-3-8(4-2-7)21(17,18)13-9-11-5-6-20-9/h1-6H,(H-,11,12,13,14,16). The first kappa shape index (κ1) is 13.5. The summed E-state index contributed by atoms with van der Waals surface area (Å²) >= 11 is 1.17. The van der Waals surface area contributed by atoms with Crippen molar-refractivity contribution in [1.82, 2.24) is 15.4 Å². The van der Waals surface area contributed by atoms with Crippen molar-refractivity contribution < 1.29 is 22.8 Å². The molecule has 11 heteroatoms. The Morgan fingerprint density at radius 2 is 2.05 bits per heavy atom. The minimum Gasteiger partial charge on any atom is -0.523 e. The van der Waals surface area contributed by atoms with E-state index in [1.807, 2.05) is 0 Å². The van der Waals surface area contributed by atoms with Gasteiger partial charge in [0.2, 0.25) is 6.08 Å². The Morgan fingerprint density at radius 3 is 2.62 bits per heavy atom. The largest absolute Gasteiger partial charge is 0.523 e. The van der Waals surface area contributed by atoms with Gasteiger partial charge in [-0.1, -0.05) is 0 Å². The third-order valence-corrected chi connectivity index (χ3v) is 4.58. The normalized spacial score (nSPS) is 11.4. The van der Waals surface area contributed by atoms with Crippen LogP contribution < -0.4 is 14.6 Å². The fraction of sp³-hybridized carbons (Fsp3) is 0. The van der Waals surface area contributed by atoms with Crippen LogP contribution in [0.15, 0.2) is 45.3 Å². The Labute approximate surface area is 122 Å². The monoisotopic (exact) mass is 325 g/mol. The van der Waals surface area contributed by atoms with Gasteiger partial charge >= 0.3 is 0 Å². The number of benzene rings is 1. The van der Waals surface area contributed by atoms with E-state index in [-0.39, 0.29) is 10.0 Å². The molecule has 0 amide bonds. The van der Waals surface area contributed by atoms with E-state index in [4.69, 9.17) is 0 Å². The van der Waals surface area contributed by atoms with Crippen molar-refractivity contribution in [3.63, 3.8) is 0 Å². The second-order valence-electron chi connectivity index (χ2n) is 3.76. The quantitative estimate of drug-likeness (QED) is 0.651. The van der Waals surface area contributed by atoms with Crippen molar-refractivity contribution in [3.8, 4) is 11.8 Å². The van der Waals surface area contributed by atoms with Crippen LogP contribution in [0.5, 0.6) is 6.08 Å². The summed E-state index contributed by atoms with van der Waals surface area (Å²) in [6.07, 6.45) is 0.663. The van der Waals surface area contributed by atoms with E-state index in [1.54, 1.807) is 5.38 Å². The van der Waals surface area contributed by atoms with Crippen LogP contribution in [0.25, 0.3) is 5.69 Å². The molecule has 9 nitrogen and oxygen atoms in total. The molecular weight excluding hydrogens is 318 g/mol. The van der Waals surface area contributed by atoms with E-state index >= 15 is 0 Å². The maximum absolute atomic E-state index is 12.1. The van der Waals surface area contributed by atoms with Gasteiger partial charge in [-0.25, -0.2) is 13.4 Å². The van der Waals surface area contributed by atoms with E-state index in [1.165, 1.54) is 41.8 Å². The third kappa shape index (κ3) is 2.83. The fourth-order valence-electron chi connectivity index (χ4n) is 1.50. The molecule has 1 aromatic carbocycles. The summed E-state index contributed by atoms with van der Waals surface area (Å²) in [6, 6.07) is 5.62. The molecular formula is C10H7N5O4S2. The van der Waals surface area contributed by atoms with Crippen LogP contribution in [-0.4, -0.2) is 23.8 Å². The minimum atomic E-state index is -3.71. The Kier molecular flexibility index (Phi) is 3.27. The molecule has 21 heavy (non-hydrogen) atoms. The molecule has 1 N–H and O–H groups in total. The van der Waals surface area contributed by atoms with Crippen LogP contribution in [0, 0.1) is 0 Å². The van der Waals surface area contributed by atoms with Gasteiger partial charge in [0.15, 0.2) is 5.13 Å². The number of hydrogen-bond donors (Lipinski definition) is 1. The van der Waals surface area contributed by atoms with Crippen LogP contribution in [-0.2, 0) is 10.0 Å². The van der Waals surface area contributed by atoms with Gasteiger partial charge in [0, 0.05) is 23.7 Å². The van der Waals surface area contributed by atoms with Crippen molar-refractivity contribution in [1.29, 1.82) is 0 Å². The summed E-state index contributed by atoms with van der Waals surface area (Å²) in [6.45, 7) is 0. The van der Waals surface area contributed by atoms with Crippen molar-refractivity contribution in [2.75, 3.05) is 4.72 Å². The third-order valence-electron chi connectivity index (χ3n) is 2.40. The van der Waals surface area contributed by atoms with Crippen molar-refractivity contribution >= 4 is 26.5 Å². The zero-order chi connectivity index (χ0) is 14.9. The molecule has 0 aliphatic rings. The van der Waals surface area contributed by atoms with Crippen LogP contribution in [0.3, 0.4) is 0 Å². The molecule has 0 aliphatic heterocycles. The summed E-state index contributed by atoms with van der Waals surface area (Å²) in [5.74, 6) is 0. The first-order valence-corrected chi connectivity index (χ1v) is 7.87. The van der Waals surface area contributed by atoms with Crippen LogP contribution in [0.1, 0.15) is 0 Å². The van der Waals surface area contributed by atoms with Gasteiger partial charge in [0.05, 0.1) is 14.8 Å². The molecule has 2 heterocycles. The molecule has 0 atom stereocenters. The number of rotatable bonds is 4. The van der Waals surface area contributed by atoms with Gasteiger partial charge in [-0.3, -0.25) is 4.72 Å². The van der Waals surface area contributed by atoms with E-state index in [9.17, 15) is 13.5 Å². The van der Waals surface area contributed by atoms with Crippen LogP contribution in [0.2, 0.25) is 0 Å². The Balaban J connectivity index is 1.86. The van der Waals surface area contributed by atoms with E-state index in [2.05, 4.69) is 24.6 Å². The Bertz CT molecular complexity index is 842. The lowest BCUT2D eigenvalue weighted by molar-refractivity contribution is -0.726. The maximum atomic E-state index is 12.1. The van der Waals surface area contributed by atoms with Crippen LogP contribution in [0.4, 0.5) is 5.13 Å². The second-order valence-corrected chi connectivity index (χ2v) is 6.34. The van der Waals surface area contributed by atoms with Crippen LogP contribution >= 0.6 is 11.3 Å². The highest BCUT2D eigenvalue weighted by atomic mass is 32.2. The van der Waals surface area contributed by atoms with Crippen molar-refractivity contribution in [2.24, 2.45) is 0 Å². The second kappa shape index (κ2) is 5.10. The SMILES string of the molecule is O=S(=O)(Nc1nccs1)c1ccc(-[n+]2noc([O-])n2)cc1. The number of thiazole rings is 1. The van der Waals surface area contributed by atoms with Crippen molar-refractivity contribution in [2.45, 2.75) is 4.90 Å². The molecule has 2 aromatic heterocycles. The average Bonchev–Trinajstić information content (AvgIpc) is 3.10. The summed E-state index contributed by atoms with van der Waals surface area (Å²) in [5, 5.41) is 19.6. The highest BCUT2D eigenvalue weighted by Crippen LogP contribution is 2.18. The van der Waals surface area contributed by atoms with E-state index < -0.39 is 16.1 Å². The molecule has 0 bridgehead atoms. The van der Waals surface area contributed by atoms with Gasteiger partial charge in [-0.15, -0.1) is 11.3 Å². The number of aromatic nitrogens is 4. The summed E-state index contributed by atoms with van der Waals surface area (Å²) < 4.78 is 30.8. The highest BCUT2D eigenvalue weighted by Gasteiger charge is 2.18. The molecule has 108 valence electrons. The number of nitrogens with one attached hydrogen (secondary N) is 1. The topological polar surface area (TPSA) is 125 Å². The van der Waals surface area contributed by atoms with E-state index in [0.29, 0.717) is 5.69 Å². The number of anilines is 1. The number of hydrogen-bond acceptors (Lipinski definition) is 8. The minimum absolute atomic E-state index is 0.0490. The molecule has 0 saturated carbocycles. The Hall–Kier alpha value is -2.53. The van der Waals surface area contributed by atoms with E-state index in [0.717, 1.165) is 4.80 Å². The predicted molar refractivity (Wildman–Crippen MR) is 68.2 cm³/mol. The molecule has 0 unspecified atom stereocenters. The van der Waals surface area contributed by atoms with Gasteiger partial charge in [0.25, 0.3) is 15.7 Å². The smallest absolute Gasteiger partial charge is 0.269 e. The first-order chi connectivity index (χ1) is 10.0. The lowest BCUT2D eigenvalue weighted by atomic mass is 10.3. The molecule has 3 aromatic rings. The zero-order valence-corrected chi connectivity index (χ0v) is 11.8. The lowest BCUT2D eigenvalue weighted by Gasteiger charge is -2.04. The lowest BCUT2D eigenvalue weighted by Crippen LogP contribution is -2.35. The predicted octanol–water partition coefficient (Wildman–Crippen LogP) is -0.323.